The van der Waals surface area contributed by atoms with Crippen LogP contribution in [0.25, 0.3) is 22.6 Å². The van der Waals surface area contributed by atoms with Gasteiger partial charge in [-0.15, -0.1) is 0 Å². The van der Waals surface area contributed by atoms with Crippen LogP contribution in [0.2, 0.25) is 0 Å². The number of carbonyl (C=O) groups excluding carboxylic acids is 2. The summed E-state index contributed by atoms with van der Waals surface area (Å²) in [6.45, 7) is 16.7. The Kier molecular flexibility index (Phi) is 5.20. The minimum Gasteiger partial charge on any atom is -0.382 e. The van der Waals surface area contributed by atoms with Gasteiger partial charge in [-0.3, -0.25) is 9.59 Å². The molecule has 1 aromatic heterocycles. The second-order valence-electron chi connectivity index (χ2n) is 16.0. The van der Waals surface area contributed by atoms with E-state index in [-0.39, 0.29) is 33.6 Å². The number of rotatable bonds is 1. The van der Waals surface area contributed by atoms with E-state index >= 15 is 0 Å². The summed E-state index contributed by atoms with van der Waals surface area (Å²) in [5.74, 6) is 0.0571. The molecule has 2 N–H and O–H groups in total. The highest BCUT2D eigenvalue weighted by Crippen LogP contribution is 2.66. The number of allylic oxidation sites excluding steroid dienone is 1. The number of aromatic amines is 1. The molecule has 0 unspecified atom stereocenters. The number of aliphatic hydroxyl groups excluding tert-OH is 1. The van der Waals surface area contributed by atoms with Crippen molar-refractivity contribution in [1.29, 1.82) is 0 Å². The van der Waals surface area contributed by atoms with Crippen molar-refractivity contribution in [3.63, 3.8) is 0 Å². The zero-order chi connectivity index (χ0) is 30.6. The Balaban J connectivity index is 1.28. The fraction of sp³-hybridized carbons (Fsp3) is 0.568. The van der Waals surface area contributed by atoms with Gasteiger partial charge in [0, 0.05) is 39.4 Å². The number of aliphatic hydroxyl groups is 1. The lowest BCUT2D eigenvalue weighted by Crippen LogP contribution is -2.53. The molecule has 5 atom stereocenters. The SMILES string of the molecule is CC1(C)C=C2C(=Cc3cc4c5c([nH]c4cc32)[C@@]2(C)[C@@H](CCC3=C([C@@H]4OC(C)(C)[C@@H](O)C4=O)C(=O)CC[C@@]32C)C5)C(C)(C)O1. The Morgan fingerprint density at radius 2 is 1.74 bits per heavy atom. The van der Waals surface area contributed by atoms with Gasteiger partial charge in [0.25, 0.3) is 0 Å². The molecule has 43 heavy (non-hydrogen) atoms. The summed E-state index contributed by atoms with van der Waals surface area (Å²) >= 11 is 0. The van der Waals surface area contributed by atoms with Gasteiger partial charge in [-0.1, -0.05) is 19.4 Å². The standard InChI is InChI=1S/C37H43NO5/c1-33(2)17-23-20-16-26-21(13-18(20)14-25(23)34(3,4)43-33)22-15-19-9-10-24-28(30-29(40)32(41)35(5,6)42-30)27(39)11-12-36(24,7)37(19,8)31(22)38-26/h13-14,16-17,19,30,32,38,41H,9-12,15H2,1-8H3/t19-,30-,32-,36-,37+/m0/s1. The second-order valence-corrected chi connectivity index (χ2v) is 16.0. The highest BCUT2D eigenvalue weighted by atomic mass is 16.5. The minimum absolute atomic E-state index is 0.00208. The maximum absolute atomic E-state index is 13.5. The van der Waals surface area contributed by atoms with E-state index in [1.807, 2.05) is 0 Å². The summed E-state index contributed by atoms with van der Waals surface area (Å²) < 4.78 is 12.6. The molecule has 2 aromatic rings. The predicted octanol–water partition coefficient (Wildman–Crippen LogP) is 6.53. The van der Waals surface area contributed by atoms with E-state index in [4.69, 9.17) is 9.47 Å². The molecule has 226 valence electrons. The molecule has 3 heterocycles. The summed E-state index contributed by atoms with van der Waals surface area (Å²) in [5, 5.41) is 11.9. The molecule has 2 fully saturated rings. The number of carbonyl (C=O) groups is 2. The Morgan fingerprint density at radius 1 is 1.00 bits per heavy atom. The zero-order valence-electron chi connectivity index (χ0n) is 26.7. The van der Waals surface area contributed by atoms with Crippen LogP contribution in [-0.4, -0.2) is 50.7 Å². The van der Waals surface area contributed by atoms with Crippen LogP contribution in [0.15, 0.2) is 34.9 Å². The van der Waals surface area contributed by atoms with Crippen molar-refractivity contribution in [3.8, 4) is 0 Å². The fourth-order valence-electron chi connectivity index (χ4n) is 10.1. The summed E-state index contributed by atoms with van der Waals surface area (Å²) in [6.07, 6.45) is 6.24. The molecule has 6 nitrogen and oxygen atoms in total. The van der Waals surface area contributed by atoms with Crippen molar-refractivity contribution < 1.29 is 24.2 Å². The normalized spacial score (nSPS) is 36.6. The van der Waals surface area contributed by atoms with Crippen molar-refractivity contribution in [3.05, 3.63) is 57.3 Å². The topological polar surface area (TPSA) is 88.6 Å². The van der Waals surface area contributed by atoms with E-state index < -0.39 is 17.8 Å². The fourth-order valence-corrected chi connectivity index (χ4v) is 10.1. The number of hydrogen-bond acceptors (Lipinski definition) is 5. The minimum atomic E-state index is -1.23. The van der Waals surface area contributed by atoms with E-state index in [1.54, 1.807) is 13.8 Å². The number of hydrogen-bond donors (Lipinski definition) is 2. The molecule has 8 rings (SSSR count). The summed E-state index contributed by atoms with van der Waals surface area (Å²) in [7, 11) is 0. The quantitative estimate of drug-likeness (QED) is 0.400. The van der Waals surface area contributed by atoms with E-state index in [9.17, 15) is 14.7 Å². The van der Waals surface area contributed by atoms with Gasteiger partial charge in [-0.2, -0.15) is 0 Å². The number of benzene rings is 1. The molecule has 1 saturated carbocycles. The number of aromatic nitrogens is 1. The summed E-state index contributed by atoms with van der Waals surface area (Å²) in [5.41, 5.74) is 8.21. The third kappa shape index (κ3) is 3.35. The van der Waals surface area contributed by atoms with Crippen LogP contribution in [-0.2, 0) is 30.9 Å². The van der Waals surface area contributed by atoms with Crippen LogP contribution in [0.4, 0.5) is 0 Å². The van der Waals surface area contributed by atoms with Gasteiger partial charge >= 0.3 is 0 Å². The molecule has 0 amide bonds. The first kappa shape index (κ1) is 27.7. The molecule has 0 bridgehead atoms. The molecule has 1 saturated heterocycles. The molecular formula is C37H43NO5. The molecular weight excluding hydrogens is 538 g/mol. The largest absolute Gasteiger partial charge is 0.382 e. The van der Waals surface area contributed by atoms with Gasteiger partial charge in [0.1, 0.15) is 12.2 Å². The van der Waals surface area contributed by atoms with Crippen LogP contribution in [0, 0.1) is 11.3 Å². The number of fused-ring (bicyclic) bond motifs is 10. The van der Waals surface area contributed by atoms with E-state index in [0.717, 1.165) is 36.8 Å². The second kappa shape index (κ2) is 8.07. The van der Waals surface area contributed by atoms with Crippen LogP contribution < -0.4 is 0 Å². The van der Waals surface area contributed by atoms with Gasteiger partial charge in [-0.05, 0) is 125 Å². The number of ketones is 2. The van der Waals surface area contributed by atoms with Gasteiger partial charge in [0.05, 0.1) is 16.8 Å². The monoisotopic (exact) mass is 581 g/mol. The van der Waals surface area contributed by atoms with E-state index in [1.165, 1.54) is 38.9 Å². The smallest absolute Gasteiger partial charge is 0.197 e. The van der Waals surface area contributed by atoms with E-state index in [0.29, 0.717) is 17.9 Å². The van der Waals surface area contributed by atoms with Crippen LogP contribution in [0.5, 0.6) is 0 Å². The van der Waals surface area contributed by atoms with Crippen LogP contribution in [0.1, 0.15) is 103 Å². The van der Waals surface area contributed by atoms with Crippen molar-refractivity contribution in [1.82, 2.24) is 4.98 Å². The number of nitrogens with one attached hydrogen (secondary N) is 1. The molecule has 6 aliphatic rings. The van der Waals surface area contributed by atoms with Gasteiger partial charge < -0.3 is 19.6 Å². The molecule has 0 spiro atoms. The Bertz CT molecular complexity index is 1780. The average molecular weight is 582 g/mol. The Labute approximate surface area is 253 Å². The first-order chi connectivity index (χ1) is 20.0. The van der Waals surface area contributed by atoms with Gasteiger partial charge in [0.15, 0.2) is 11.6 Å². The lowest BCUT2D eigenvalue weighted by Gasteiger charge is -2.56. The van der Waals surface area contributed by atoms with Crippen LogP contribution >= 0.6 is 0 Å². The Morgan fingerprint density at radius 3 is 2.44 bits per heavy atom. The van der Waals surface area contributed by atoms with E-state index in [2.05, 4.69) is 70.8 Å². The van der Waals surface area contributed by atoms with Gasteiger partial charge in [-0.25, -0.2) is 0 Å². The van der Waals surface area contributed by atoms with Crippen molar-refractivity contribution in [2.45, 2.75) is 122 Å². The molecule has 4 aliphatic carbocycles. The van der Waals surface area contributed by atoms with Crippen LogP contribution in [0.3, 0.4) is 0 Å². The van der Waals surface area contributed by atoms with Crippen molar-refractivity contribution in [2.75, 3.05) is 0 Å². The molecule has 1 aromatic carbocycles. The van der Waals surface area contributed by atoms with Gasteiger partial charge in [0.2, 0.25) is 0 Å². The number of H-pyrrole nitrogens is 1. The maximum atomic E-state index is 13.5. The summed E-state index contributed by atoms with van der Waals surface area (Å²) in [6, 6.07) is 4.71. The highest BCUT2D eigenvalue weighted by Gasteiger charge is 2.63. The Hall–Kier alpha value is -2.80. The average Bonchev–Trinajstić information content (AvgIpc) is 3.59. The summed E-state index contributed by atoms with van der Waals surface area (Å²) in [4.78, 5) is 30.7. The molecule has 6 heteroatoms. The first-order valence-corrected chi connectivity index (χ1v) is 16.0. The lowest BCUT2D eigenvalue weighted by atomic mass is 9.48. The number of Topliss-reactive ketones (excluding diaryl/α,β-unsaturated/α-hetero) is 2. The first-order valence-electron chi connectivity index (χ1n) is 16.0. The van der Waals surface area contributed by atoms with Crippen molar-refractivity contribution >= 4 is 34.1 Å². The van der Waals surface area contributed by atoms with Crippen molar-refractivity contribution in [2.24, 2.45) is 11.3 Å². The molecule has 2 aliphatic heterocycles. The third-order valence-electron chi connectivity index (χ3n) is 12.3. The highest BCUT2D eigenvalue weighted by molar-refractivity contribution is 6.07. The third-order valence-corrected chi connectivity index (χ3v) is 12.3. The molecule has 0 radical (unpaired) electrons. The number of ether oxygens (including phenoxy) is 2. The predicted molar refractivity (Wildman–Crippen MR) is 167 cm³/mol. The zero-order valence-corrected chi connectivity index (χ0v) is 26.7. The lowest BCUT2D eigenvalue weighted by molar-refractivity contribution is -0.128. The maximum Gasteiger partial charge on any atom is 0.197 e.